The van der Waals surface area contributed by atoms with Crippen LogP contribution in [-0.4, -0.2) is 50.2 Å². The van der Waals surface area contributed by atoms with Gasteiger partial charge in [-0.3, -0.25) is 0 Å². The Morgan fingerprint density at radius 2 is 1.90 bits per heavy atom. The third-order valence-corrected chi connectivity index (χ3v) is 6.00. The Hall–Kier alpha value is -2.64. The van der Waals surface area contributed by atoms with Gasteiger partial charge in [0.15, 0.2) is 5.65 Å². The van der Waals surface area contributed by atoms with E-state index in [1.165, 1.54) is 5.56 Å². The molecule has 7 nitrogen and oxygen atoms in total. The van der Waals surface area contributed by atoms with Crippen molar-refractivity contribution in [2.24, 2.45) is 5.92 Å². The molecule has 1 aliphatic rings. The maximum absolute atomic E-state index is 10.3. The van der Waals surface area contributed by atoms with E-state index in [4.69, 9.17) is 9.84 Å². The summed E-state index contributed by atoms with van der Waals surface area (Å²) in [6, 6.07) is 9.69. The average molecular weight is 411 g/mol. The second-order valence-electron chi connectivity index (χ2n) is 9.24. The van der Waals surface area contributed by atoms with Crippen LogP contribution in [0.25, 0.3) is 16.9 Å². The lowest BCUT2D eigenvalue weighted by Crippen LogP contribution is -2.35. The summed E-state index contributed by atoms with van der Waals surface area (Å²) in [6.45, 7) is 8.47. The lowest BCUT2D eigenvalue weighted by atomic mass is 9.85. The van der Waals surface area contributed by atoms with Gasteiger partial charge in [-0.1, -0.05) is 33.8 Å². The number of aromatic nitrogens is 3. The van der Waals surface area contributed by atoms with E-state index in [1.54, 1.807) is 17.8 Å². The first kappa shape index (κ1) is 20.6. The number of rotatable bonds is 4. The number of anilines is 1. The second kappa shape index (κ2) is 7.56. The first-order valence-corrected chi connectivity index (χ1v) is 10.4. The van der Waals surface area contributed by atoms with Gasteiger partial charge in [0, 0.05) is 17.8 Å². The van der Waals surface area contributed by atoms with E-state index in [0.29, 0.717) is 12.1 Å². The molecule has 0 saturated heterocycles. The van der Waals surface area contributed by atoms with Crippen molar-refractivity contribution >= 4 is 11.5 Å². The third-order valence-electron chi connectivity index (χ3n) is 6.00. The first-order chi connectivity index (χ1) is 14.2. The molecule has 0 spiro atoms. The van der Waals surface area contributed by atoms with E-state index >= 15 is 0 Å². The normalized spacial score (nSPS) is 24.4. The molecular formula is C23H30N4O3. The number of fused-ring (bicyclic) bond motifs is 1. The predicted molar refractivity (Wildman–Crippen MR) is 117 cm³/mol. The van der Waals surface area contributed by atoms with Gasteiger partial charge in [-0.05, 0) is 41.5 Å². The maximum atomic E-state index is 10.3. The van der Waals surface area contributed by atoms with Crippen molar-refractivity contribution in [1.82, 2.24) is 14.6 Å². The number of hydrogen-bond donors (Lipinski definition) is 3. The number of ether oxygens (including phenoxy) is 1. The molecular weight excluding hydrogens is 380 g/mol. The number of benzene rings is 1. The van der Waals surface area contributed by atoms with E-state index in [2.05, 4.69) is 43.2 Å². The highest BCUT2D eigenvalue weighted by atomic mass is 16.5. The average Bonchev–Trinajstić information content (AvgIpc) is 3.25. The summed E-state index contributed by atoms with van der Waals surface area (Å²) in [5.74, 6) is 1.51. The molecule has 4 rings (SSSR count). The van der Waals surface area contributed by atoms with E-state index in [-0.39, 0.29) is 17.4 Å². The smallest absolute Gasteiger partial charge is 0.157 e. The monoisotopic (exact) mass is 410 g/mol. The van der Waals surface area contributed by atoms with Gasteiger partial charge in [0.25, 0.3) is 0 Å². The zero-order chi connectivity index (χ0) is 21.6. The van der Waals surface area contributed by atoms with Gasteiger partial charge in [-0.25, -0.2) is 4.98 Å². The van der Waals surface area contributed by atoms with Crippen LogP contribution in [0.2, 0.25) is 0 Å². The van der Waals surface area contributed by atoms with Crippen molar-refractivity contribution in [2.75, 3.05) is 12.4 Å². The van der Waals surface area contributed by atoms with E-state index in [9.17, 15) is 10.2 Å². The van der Waals surface area contributed by atoms with Crippen molar-refractivity contribution in [2.45, 2.75) is 57.8 Å². The van der Waals surface area contributed by atoms with Gasteiger partial charge in [0.05, 0.1) is 24.9 Å². The fourth-order valence-corrected chi connectivity index (χ4v) is 4.10. The Bertz CT molecular complexity index is 1060. The molecule has 1 saturated carbocycles. The summed E-state index contributed by atoms with van der Waals surface area (Å²) in [4.78, 5) is 4.45. The molecule has 0 aliphatic heterocycles. The maximum Gasteiger partial charge on any atom is 0.157 e. The molecule has 0 radical (unpaired) electrons. The van der Waals surface area contributed by atoms with Gasteiger partial charge >= 0.3 is 0 Å². The summed E-state index contributed by atoms with van der Waals surface area (Å²) in [5, 5.41) is 28.6. The molecule has 30 heavy (non-hydrogen) atoms. The molecule has 4 atom stereocenters. The number of hydrogen-bond acceptors (Lipinski definition) is 6. The fraction of sp³-hybridized carbons (Fsp3) is 0.478. The quantitative estimate of drug-likeness (QED) is 0.612. The Morgan fingerprint density at radius 1 is 1.13 bits per heavy atom. The van der Waals surface area contributed by atoms with E-state index < -0.39 is 12.2 Å². The zero-order valence-corrected chi connectivity index (χ0v) is 18.1. The summed E-state index contributed by atoms with van der Waals surface area (Å²) in [5.41, 5.74) is 3.56. The highest BCUT2D eigenvalue weighted by molar-refractivity contribution is 5.72. The van der Waals surface area contributed by atoms with Gasteiger partial charge < -0.3 is 20.3 Å². The number of nitrogens with one attached hydrogen (secondary N) is 1. The lowest BCUT2D eigenvalue weighted by molar-refractivity contribution is 0.0210. The molecule has 160 valence electrons. The van der Waals surface area contributed by atoms with Crippen LogP contribution in [0.3, 0.4) is 0 Å². The molecule has 2 heterocycles. The van der Waals surface area contributed by atoms with Crippen LogP contribution < -0.4 is 10.1 Å². The minimum Gasteiger partial charge on any atom is -0.496 e. The van der Waals surface area contributed by atoms with Crippen LogP contribution in [0.1, 0.15) is 39.7 Å². The fourth-order valence-electron chi connectivity index (χ4n) is 4.10. The standard InChI is InChI=1S/C23H30N4O3/c1-13-10-17(22(29)21(13)28)25-19-8-9-24-20-12-16(26-27(19)20)15-11-14(23(2,3)4)6-7-18(15)30-5/h6-9,11-13,17,21-22,25,28-29H,10H2,1-5H3/t13-,17-,21-,22+/m1/s1. The van der Waals surface area contributed by atoms with Crippen molar-refractivity contribution in [1.29, 1.82) is 0 Å². The van der Waals surface area contributed by atoms with Crippen molar-refractivity contribution in [3.05, 3.63) is 42.1 Å². The van der Waals surface area contributed by atoms with Crippen molar-refractivity contribution < 1.29 is 14.9 Å². The van der Waals surface area contributed by atoms with Crippen LogP contribution in [0.15, 0.2) is 36.5 Å². The minimum absolute atomic E-state index is 0.00128. The molecule has 1 fully saturated rings. The first-order valence-electron chi connectivity index (χ1n) is 10.4. The lowest BCUT2D eigenvalue weighted by Gasteiger charge is -2.20. The Kier molecular flexibility index (Phi) is 5.20. The van der Waals surface area contributed by atoms with Crippen LogP contribution in [0.5, 0.6) is 5.75 Å². The molecule has 3 aromatic rings. The molecule has 3 N–H and O–H groups in total. The molecule has 1 aromatic carbocycles. The highest BCUT2D eigenvalue weighted by Gasteiger charge is 2.39. The number of methoxy groups -OCH3 is 1. The van der Waals surface area contributed by atoms with Crippen molar-refractivity contribution in [3.63, 3.8) is 0 Å². The largest absolute Gasteiger partial charge is 0.496 e. The third kappa shape index (κ3) is 3.63. The Morgan fingerprint density at radius 3 is 2.53 bits per heavy atom. The number of aliphatic hydroxyl groups excluding tert-OH is 2. The second-order valence-corrected chi connectivity index (χ2v) is 9.24. The topological polar surface area (TPSA) is 91.9 Å². The van der Waals surface area contributed by atoms with Crippen LogP contribution in [-0.2, 0) is 5.41 Å². The minimum atomic E-state index is -0.818. The number of nitrogens with zero attached hydrogens (tertiary/aromatic N) is 3. The SMILES string of the molecule is COc1ccc(C(C)(C)C)cc1-c1cc2nccc(N[C@@H]3C[C@@H](C)[C@@H](O)[C@H]3O)n2n1. The highest BCUT2D eigenvalue weighted by Crippen LogP contribution is 2.35. The summed E-state index contributed by atoms with van der Waals surface area (Å²) >= 11 is 0. The van der Waals surface area contributed by atoms with Crippen LogP contribution in [0.4, 0.5) is 5.82 Å². The molecule has 1 aliphatic carbocycles. The summed E-state index contributed by atoms with van der Waals surface area (Å²) < 4.78 is 7.33. The van der Waals surface area contributed by atoms with Crippen LogP contribution >= 0.6 is 0 Å². The molecule has 0 amide bonds. The summed E-state index contributed by atoms with van der Waals surface area (Å²) in [7, 11) is 1.66. The molecule has 0 unspecified atom stereocenters. The van der Waals surface area contributed by atoms with E-state index in [0.717, 1.165) is 22.8 Å². The summed E-state index contributed by atoms with van der Waals surface area (Å²) in [6.07, 6.45) is 0.855. The molecule has 2 aromatic heterocycles. The Labute approximate surface area is 176 Å². The van der Waals surface area contributed by atoms with Gasteiger partial charge in [-0.15, -0.1) is 0 Å². The van der Waals surface area contributed by atoms with Gasteiger partial charge in [0.1, 0.15) is 17.7 Å². The Balaban J connectivity index is 1.74. The van der Waals surface area contributed by atoms with Crippen LogP contribution in [0, 0.1) is 5.92 Å². The predicted octanol–water partition coefficient (Wildman–Crippen LogP) is 3.24. The number of aliphatic hydroxyl groups is 2. The van der Waals surface area contributed by atoms with E-state index in [1.807, 2.05) is 25.1 Å². The molecule has 0 bridgehead atoms. The molecule has 7 heteroatoms. The van der Waals surface area contributed by atoms with Crippen molar-refractivity contribution in [3.8, 4) is 17.0 Å². The van der Waals surface area contributed by atoms with Gasteiger partial charge in [-0.2, -0.15) is 9.61 Å². The van der Waals surface area contributed by atoms with Gasteiger partial charge in [0.2, 0.25) is 0 Å². The zero-order valence-electron chi connectivity index (χ0n) is 18.1.